The van der Waals surface area contributed by atoms with E-state index in [1.807, 2.05) is 60.7 Å². The molecule has 1 N–H and O–H groups in total. The number of Topliss-reactive ketones (excluding diaryl/α,β-unsaturated/α-hetero) is 1. The standard InChI is InChI=1S/C20H20O6/c21-16-17(22)20(23-11-13-7-3-1-4-8-13)25-15-12-24-19(26-18(15)16)14-9-5-2-6-10-14/h1-10,15,17-20,22H,11-12H2/t15-,17+,18-,19?,20-/m1/s1. The van der Waals surface area contributed by atoms with E-state index in [4.69, 9.17) is 18.9 Å². The number of aliphatic hydroxyl groups excluding tert-OH is 1. The molecule has 0 bridgehead atoms. The Hall–Kier alpha value is -2.09. The van der Waals surface area contributed by atoms with Crippen molar-refractivity contribution in [3.63, 3.8) is 0 Å². The predicted molar refractivity (Wildman–Crippen MR) is 90.9 cm³/mol. The van der Waals surface area contributed by atoms with Crippen LogP contribution >= 0.6 is 0 Å². The molecule has 2 fully saturated rings. The lowest BCUT2D eigenvalue weighted by Gasteiger charge is -2.42. The van der Waals surface area contributed by atoms with E-state index >= 15 is 0 Å². The molecule has 0 saturated carbocycles. The Labute approximate surface area is 151 Å². The first kappa shape index (κ1) is 17.3. The van der Waals surface area contributed by atoms with Gasteiger partial charge < -0.3 is 24.1 Å². The summed E-state index contributed by atoms with van der Waals surface area (Å²) >= 11 is 0. The number of carbonyl (C=O) groups is 1. The third kappa shape index (κ3) is 3.56. The van der Waals surface area contributed by atoms with E-state index in [1.165, 1.54) is 0 Å². The van der Waals surface area contributed by atoms with Gasteiger partial charge in [-0.25, -0.2) is 0 Å². The van der Waals surface area contributed by atoms with Gasteiger partial charge in [0.1, 0.15) is 6.10 Å². The third-order valence-electron chi connectivity index (χ3n) is 4.49. The fourth-order valence-electron chi connectivity index (χ4n) is 3.11. The van der Waals surface area contributed by atoms with E-state index in [1.54, 1.807) is 0 Å². The van der Waals surface area contributed by atoms with Crippen LogP contribution in [0.15, 0.2) is 60.7 Å². The molecule has 0 aliphatic carbocycles. The Kier molecular flexibility index (Phi) is 5.10. The second-order valence-electron chi connectivity index (χ2n) is 6.32. The maximum Gasteiger partial charge on any atom is 0.198 e. The Bertz CT molecular complexity index is 734. The van der Waals surface area contributed by atoms with Crippen LogP contribution < -0.4 is 0 Å². The zero-order valence-electron chi connectivity index (χ0n) is 14.1. The Morgan fingerprint density at radius 3 is 2.42 bits per heavy atom. The van der Waals surface area contributed by atoms with E-state index < -0.39 is 36.7 Å². The molecule has 26 heavy (non-hydrogen) atoms. The summed E-state index contributed by atoms with van der Waals surface area (Å²) < 4.78 is 22.8. The van der Waals surface area contributed by atoms with Crippen molar-refractivity contribution in [1.82, 2.24) is 0 Å². The van der Waals surface area contributed by atoms with Crippen LogP contribution in [0.25, 0.3) is 0 Å². The molecule has 6 heteroatoms. The van der Waals surface area contributed by atoms with Gasteiger partial charge in [-0.3, -0.25) is 4.79 Å². The fourth-order valence-corrected chi connectivity index (χ4v) is 3.11. The van der Waals surface area contributed by atoms with Crippen molar-refractivity contribution in [2.45, 2.75) is 37.5 Å². The number of ether oxygens (including phenoxy) is 4. The molecule has 0 radical (unpaired) electrons. The molecule has 2 aliphatic heterocycles. The maximum atomic E-state index is 12.6. The fraction of sp³-hybridized carbons (Fsp3) is 0.350. The first-order valence-electron chi connectivity index (χ1n) is 8.57. The summed E-state index contributed by atoms with van der Waals surface area (Å²) in [5.74, 6) is -0.441. The van der Waals surface area contributed by atoms with Crippen molar-refractivity contribution < 1.29 is 28.8 Å². The number of benzene rings is 2. The van der Waals surface area contributed by atoms with Gasteiger partial charge in [0.05, 0.1) is 13.2 Å². The SMILES string of the molecule is O=C1[C@H](O)[C@H](OCc2ccccc2)O[C@@H]2COC(c3ccccc3)O[C@@H]12. The van der Waals surface area contributed by atoms with Crippen molar-refractivity contribution in [3.8, 4) is 0 Å². The second kappa shape index (κ2) is 7.65. The normalized spacial score (nSPS) is 31.4. The van der Waals surface area contributed by atoms with E-state index in [2.05, 4.69) is 0 Å². The van der Waals surface area contributed by atoms with Crippen LogP contribution in [-0.2, 0) is 30.3 Å². The molecule has 1 unspecified atom stereocenters. The molecule has 2 aromatic carbocycles. The number of aliphatic hydroxyl groups is 1. The van der Waals surface area contributed by atoms with Crippen LogP contribution in [0.4, 0.5) is 0 Å². The topological polar surface area (TPSA) is 74.2 Å². The van der Waals surface area contributed by atoms with Crippen LogP contribution in [0.3, 0.4) is 0 Å². The number of carbonyl (C=O) groups excluding carboxylic acids is 1. The highest BCUT2D eigenvalue weighted by Gasteiger charge is 2.49. The minimum absolute atomic E-state index is 0.188. The van der Waals surface area contributed by atoms with Gasteiger partial charge in [0, 0.05) is 5.56 Å². The van der Waals surface area contributed by atoms with Gasteiger partial charge in [0.25, 0.3) is 0 Å². The zero-order valence-corrected chi connectivity index (χ0v) is 14.1. The predicted octanol–water partition coefficient (Wildman–Crippen LogP) is 1.97. The lowest BCUT2D eigenvalue weighted by molar-refractivity contribution is -0.319. The minimum Gasteiger partial charge on any atom is -0.380 e. The van der Waals surface area contributed by atoms with Gasteiger partial charge in [0.2, 0.25) is 0 Å². The minimum atomic E-state index is -1.39. The van der Waals surface area contributed by atoms with E-state index in [-0.39, 0.29) is 13.2 Å². The molecule has 2 saturated heterocycles. The third-order valence-corrected chi connectivity index (χ3v) is 4.49. The summed E-state index contributed by atoms with van der Waals surface area (Å²) in [6.45, 7) is 0.426. The van der Waals surface area contributed by atoms with Crippen LogP contribution in [-0.4, -0.2) is 42.1 Å². The van der Waals surface area contributed by atoms with Crippen molar-refractivity contribution in [2.24, 2.45) is 0 Å². The molecule has 6 nitrogen and oxygen atoms in total. The largest absolute Gasteiger partial charge is 0.380 e. The van der Waals surface area contributed by atoms with Gasteiger partial charge in [-0.15, -0.1) is 0 Å². The Morgan fingerprint density at radius 1 is 1.00 bits per heavy atom. The van der Waals surface area contributed by atoms with Gasteiger partial charge in [-0.05, 0) is 5.56 Å². The monoisotopic (exact) mass is 356 g/mol. The van der Waals surface area contributed by atoms with Crippen LogP contribution in [0.1, 0.15) is 17.4 Å². The molecule has 4 rings (SSSR count). The number of fused-ring (bicyclic) bond motifs is 1. The first-order chi connectivity index (χ1) is 12.7. The molecular formula is C20H20O6. The molecule has 0 spiro atoms. The van der Waals surface area contributed by atoms with E-state index in [0.717, 1.165) is 11.1 Å². The van der Waals surface area contributed by atoms with Crippen molar-refractivity contribution in [2.75, 3.05) is 6.61 Å². The maximum absolute atomic E-state index is 12.6. The smallest absolute Gasteiger partial charge is 0.198 e. The van der Waals surface area contributed by atoms with Crippen LogP contribution in [0.5, 0.6) is 0 Å². The molecule has 0 amide bonds. The molecular weight excluding hydrogens is 336 g/mol. The summed E-state index contributed by atoms with van der Waals surface area (Å²) in [5, 5.41) is 10.3. The van der Waals surface area contributed by atoms with Gasteiger partial charge in [0.15, 0.2) is 30.6 Å². The highest BCUT2D eigenvalue weighted by molar-refractivity contribution is 5.89. The molecule has 136 valence electrons. The van der Waals surface area contributed by atoms with E-state index in [0.29, 0.717) is 0 Å². The van der Waals surface area contributed by atoms with Crippen LogP contribution in [0, 0.1) is 0 Å². The Morgan fingerprint density at radius 2 is 1.69 bits per heavy atom. The zero-order chi connectivity index (χ0) is 17.9. The van der Waals surface area contributed by atoms with Crippen molar-refractivity contribution >= 4 is 5.78 Å². The summed E-state index contributed by atoms with van der Waals surface area (Å²) in [7, 11) is 0. The van der Waals surface area contributed by atoms with Gasteiger partial charge in [-0.1, -0.05) is 60.7 Å². The number of hydrogen-bond acceptors (Lipinski definition) is 6. The van der Waals surface area contributed by atoms with E-state index in [9.17, 15) is 9.90 Å². The lowest BCUT2D eigenvalue weighted by atomic mass is 9.99. The second-order valence-corrected chi connectivity index (χ2v) is 6.32. The van der Waals surface area contributed by atoms with Crippen molar-refractivity contribution in [3.05, 3.63) is 71.8 Å². The van der Waals surface area contributed by atoms with Gasteiger partial charge >= 0.3 is 0 Å². The number of hydrogen-bond donors (Lipinski definition) is 1. The summed E-state index contributed by atoms with van der Waals surface area (Å²) in [4.78, 5) is 12.6. The average Bonchev–Trinajstić information content (AvgIpc) is 2.71. The highest BCUT2D eigenvalue weighted by atomic mass is 16.7. The highest BCUT2D eigenvalue weighted by Crippen LogP contribution is 2.32. The van der Waals surface area contributed by atoms with Crippen LogP contribution in [0.2, 0.25) is 0 Å². The first-order valence-corrected chi connectivity index (χ1v) is 8.57. The summed E-state index contributed by atoms with van der Waals surface area (Å²) in [6.07, 6.45) is -4.56. The lowest BCUT2D eigenvalue weighted by Crippen LogP contribution is -2.60. The molecule has 0 aromatic heterocycles. The average molecular weight is 356 g/mol. The quantitative estimate of drug-likeness (QED) is 0.903. The molecule has 2 heterocycles. The summed E-state index contributed by atoms with van der Waals surface area (Å²) in [6, 6.07) is 18.9. The number of ketones is 1. The molecule has 2 aromatic rings. The molecule has 2 aliphatic rings. The Balaban J connectivity index is 1.41. The van der Waals surface area contributed by atoms with Crippen molar-refractivity contribution in [1.29, 1.82) is 0 Å². The van der Waals surface area contributed by atoms with Gasteiger partial charge in [-0.2, -0.15) is 0 Å². The molecule has 5 atom stereocenters. The number of rotatable bonds is 4. The summed E-state index contributed by atoms with van der Waals surface area (Å²) in [5.41, 5.74) is 1.74.